The third-order valence-electron chi connectivity index (χ3n) is 3.13. The third kappa shape index (κ3) is 5.21. The lowest BCUT2D eigenvalue weighted by atomic mass is 10.0. The van der Waals surface area contributed by atoms with Gasteiger partial charge in [-0.2, -0.15) is 0 Å². The van der Waals surface area contributed by atoms with Crippen molar-refractivity contribution >= 4 is 0 Å². The summed E-state index contributed by atoms with van der Waals surface area (Å²) in [5, 5.41) is 0. The van der Waals surface area contributed by atoms with Gasteiger partial charge in [-0.1, -0.05) is 12.1 Å². The maximum atomic E-state index is 6.03. The average Bonchev–Trinajstić information content (AvgIpc) is 2.30. The molecule has 0 fully saturated rings. The summed E-state index contributed by atoms with van der Waals surface area (Å²) in [7, 11) is 1.71. The Morgan fingerprint density at radius 2 is 1.74 bits per heavy atom. The summed E-state index contributed by atoms with van der Waals surface area (Å²) in [6.07, 6.45) is 1.97. The van der Waals surface area contributed by atoms with Crippen LogP contribution in [0.1, 0.15) is 37.0 Å². The molecule has 1 aromatic rings. The monoisotopic (exact) mass is 265 g/mol. The molecule has 0 spiro atoms. The Kier molecular flexibility index (Phi) is 6.32. The minimum Gasteiger partial charge on any atom is -0.490 e. The molecule has 0 radical (unpaired) electrons. The Morgan fingerprint density at radius 1 is 1.16 bits per heavy atom. The average molecular weight is 265 g/mol. The van der Waals surface area contributed by atoms with E-state index in [4.69, 9.17) is 15.2 Å². The highest BCUT2D eigenvalue weighted by Gasteiger charge is 2.11. The van der Waals surface area contributed by atoms with E-state index in [0.717, 1.165) is 25.2 Å². The zero-order valence-corrected chi connectivity index (χ0v) is 12.8. The van der Waals surface area contributed by atoms with Gasteiger partial charge in [-0.25, -0.2) is 0 Å². The number of hydrogen-bond donors (Lipinski definition) is 1. The lowest BCUT2D eigenvalue weighted by Crippen LogP contribution is -2.18. The second kappa shape index (κ2) is 7.51. The van der Waals surface area contributed by atoms with Gasteiger partial charge in [-0.05, 0) is 50.8 Å². The first-order valence-corrected chi connectivity index (χ1v) is 6.95. The van der Waals surface area contributed by atoms with Crippen LogP contribution in [0, 0.1) is 13.8 Å². The molecule has 0 aliphatic carbocycles. The van der Waals surface area contributed by atoms with Crippen LogP contribution in [0.2, 0.25) is 0 Å². The Balaban J connectivity index is 2.79. The third-order valence-corrected chi connectivity index (χ3v) is 3.13. The molecule has 0 bridgehead atoms. The lowest BCUT2D eigenvalue weighted by molar-refractivity contribution is 0.134. The molecular weight excluding hydrogens is 238 g/mol. The van der Waals surface area contributed by atoms with Gasteiger partial charge in [0.25, 0.3) is 0 Å². The molecule has 0 heterocycles. The van der Waals surface area contributed by atoms with Gasteiger partial charge in [0.05, 0.1) is 6.10 Å². The van der Waals surface area contributed by atoms with Crippen molar-refractivity contribution in [1.29, 1.82) is 0 Å². The number of aryl methyl sites for hydroxylation is 2. The molecular formula is C16H27NO2. The molecule has 0 saturated heterocycles. The van der Waals surface area contributed by atoms with E-state index in [1.165, 1.54) is 16.7 Å². The summed E-state index contributed by atoms with van der Waals surface area (Å²) in [5.41, 5.74) is 9.49. The molecule has 1 aromatic carbocycles. The van der Waals surface area contributed by atoms with E-state index in [-0.39, 0.29) is 12.1 Å². The maximum Gasteiger partial charge on any atom is 0.125 e. The quantitative estimate of drug-likeness (QED) is 0.824. The summed E-state index contributed by atoms with van der Waals surface area (Å²) in [5.74, 6) is 0.997. The Bertz CT molecular complexity index is 379. The molecule has 2 N–H and O–H groups in total. The molecule has 0 aliphatic heterocycles. The van der Waals surface area contributed by atoms with E-state index in [9.17, 15) is 0 Å². The Labute approximate surface area is 117 Å². The number of hydrogen-bond acceptors (Lipinski definition) is 3. The summed E-state index contributed by atoms with van der Waals surface area (Å²) in [6.45, 7) is 9.02. The van der Waals surface area contributed by atoms with Crippen LogP contribution in [0.25, 0.3) is 0 Å². The molecule has 3 nitrogen and oxygen atoms in total. The number of rotatable bonds is 7. The second-order valence-corrected chi connectivity index (χ2v) is 5.45. The van der Waals surface area contributed by atoms with Crippen molar-refractivity contribution in [1.82, 2.24) is 0 Å². The van der Waals surface area contributed by atoms with Crippen molar-refractivity contribution in [3.8, 4) is 5.75 Å². The molecule has 108 valence electrons. The fourth-order valence-electron chi connectivity index (χ4n) is 2.26. The van der Waals surface area contributed by atoms with Crippen LogP contribution < -0.4 is 10.5 Å². The molecule has 3 heteroatoms. The molecule has 19 heavy (non-hydrogen) atoms. The van der Waals surface area contributed by atoms with Gasteiger partial charge < -0.3 is 15.2 Å². The van der Waals surface area contributed by atoms with Crippen molar-refractivity contribution in [3.05, 3.63) is 28.8 Å². The van der Waals surface area contributed by atoms with E-state index in [0.29, 0.717) is 0 Å². The largest absolute Gasteiger partial charge is 0.490 e. The first kappa shape index (κ1) is 16.0. The van der Waals surface area contributed by atoms with Crippen molar-refractivity contribution < 1.29 is 9.47 Å². The standard InChI is InChI=1S/C16H27NO2/c1-11-8-15(10-13(3)17)9-12(2)16(11)19-14(4)6-7-18-5/h8-9,13-14H,6-7,10,17H2,1-5H3. The highest BCUT2D eigenvalue weighted by molar-refractivity contribution is 5.43. The first-order valence-electron chi connectivity index (χ1n) is 6.95. The van der Waals surface area contributed by atoms with Gasteiger partial charge in [-0.3, -0.25) is 0 Å². The molecule has 2 unspecified atom stereocenters. The normalized spacial score (nSPS) is 14.2. The minimum absolute atomic E-state index is 0.164. The van der Waals surface area contributed by atoms with Crippen LogP contribution in [-0.2, 0) is 11.2 Å². The molecule has 0 aliphatic rings. The van der Waals surface area contributed by atoms with E-state index in [1.54, 1.807) is 7.11 Å². The first-order chi connectivity index (χ1) is 8.93. The second-order valence-electron chi connectivity index (χ2n) is 5.45. The Hall–Kier alpha value is -1.06. The number of benzene rings is 1. The molecule has 2 atom stereocenters. The summed E-state index contributed by atoms with van der Waals surface area (Å²) in [6, 6.07) is 4.54. The van der Waals surface area contributed by atoms with E-state index in [2.05, 4.69) is 32.9 Å². The number of nitrogens with two attached hydrogens (primary N) is 1. The number of methoxy groups -OCH3 is 1. The summed E-state index contributed by atoms with van der Waals surface area (Å²) in [4.78, 5) is 0. The van der Waals surface area contributed by atoms with Gasteiger partial charge in [0.15, 0.2) is 0 Å². The summed E-state index contributed by atoms with van der Waals surface area (Å²) < 4.78 is 11.1. The van der Waals surface area contributed by atoms with Gasteiger partial charge in [0, 0.05) is 26.2 Å². The van der Waals surface area contributed by atoms with Crippen molar-refractivity contribution in [2.45, 2.75) is 52.7 Å². The number of ether oxygens (including phenoxy) is 2. The zero-order valence-electron chi connectivity index (χ0n) is 12.8. The van der Waals surface area contributed by atoms with Gasteiger partial charge in [-0.15, -0.1) is 0 Å². The smallest absolute Gasteiger partial charge is 0.125 e. The van der Waals surface area contributed by atoms with Gasteiger partial charge in [0.2, 0.25) is 0 Å². The molecule has 0 amide bonds. The van der Waals surface area contributed by atoms with Crippen molar-refractivity contribution in [2.75, 3.05) is 13.7 Å². The SMILES string of the molecule is COCCC(C)Oc1c(C)cc(CC(C)N)cc1C. The van der Waals surface area contributed by atoms with Crippen molar-refractivity contribution in [3.63, 3.8) is 0 Å². The van der Waals surface area contributed by atoms with E-state index < -0.39 is 0 Å². The predicted octanol–water partition coefficient (Wildman–Crippen LogP) is 3.00. The van der Waals surface area contributed by atoms with Crippen LogP contribution in [0.5, 0.6) is 5.75 Å². The highest BCUT2D eigenvalue weighted by Crippen LogP contribution is 2.26. The molecule has 0 saturated carbocycles. The van der Waals surface area contributed by atoms with Gasteiger partial charge >= 0.3 is 0 Å². The summed E-state index contributed by atoms with van der Waals surface area (Å²) >= 11 is 0. The predicted molar refractivity (Wildman–Crippen MR) is 79.9 cm³/mol. The maximum absolute atomic E-state index is 6.03. The fourth-order valence-corrected chi connectivity index (χ4v) is 2.26. The van der Waals surface area contributed by atoms with E-state index in [1.807, 2.05) is 6.92 Å². The molecule has 0 aromatic heterocycles. The minimum atomic E-state index is 0.164. The van der Waals surface area contributed by atoms with E-state index >= 15 is 0 Å². The van der Waals surface area contributed by atoms with Crippen molar-refractivity contribution in [2.24, 2.45) is 5.73 Å². The Morgan fingerprint density at radius 3 is 2.21 bits per heavy atom. The van der Waals surface area contributed by atoms with Gasteiger partial charge in [0.1, 0.15) is 5.75 Å². The lowest BCUT2D eigenvalue weighted by Gasteiger charge is -2.19. The fraction of sp³-hybridized carbons (Fsp3) is 0.625. The van der Waals surface area contributed by atoms with Crippen LogP contribution in [0.3, 0.4) is 0 Å². The van der Waals surface area contributed by atoms with Crippen LogP contribution >= 0.6 is 0 Å². The topological polar surface area (TPSA) is 44.5 Å². The highest BCUT2D eigenvalue weighted by atomic mass is 16.5. The van der Waals surface area contributed by atoms with Crippen LogP contribution in [0.4, 0.5) is 0 Å². The zero-order chi connectivity index (χ0) is 14.4. The van der Waals surface area contributed by atoms with Crippen LogP contribution in [0.15, 0.2) is 12.1 Å². The molecule has 1 rings (SSSR count). The van der Waals surface area contributed by atoms with Crippen LogP contribution in [-0.4, -0.2) is 25.9 Å².